The lowest BCUT2D eigenvalue weighted by Gasteiger charge is -2.22. The number of nitrogens with zero attached hydrogens (tertiary/aromatic N) is 4. The number of carbonyl (C=O) groups is 1. The van der Waals surface area contributed by atoms with Crippen molar-refractivity contribution in [3.8, 4) is 0 Å². The van der Waals surface area contributed by atoms with E-state index in [-0.39, 0.29) is 17.5 Å². The highest BCUT2D eigenvalue weighted by molar-refractivity contribution is 7.22. The fraction of sp³-hybridized carbons (Fsp3) is 0.409. The van der Waals surface area contributed by atoms with Gasteiger partial charge in [-0.2, -0.15) is 0 Å². The third-order valence-corrected chi connectivity index (χ3v) is 6.92. The lowest BCUT2D eigenvalue weighted by Crippen LogP contribution is -2.39. The largest absolute Gasteiger partial charge is 0.346 e. The summed E-state index contributed by atoms with van der Waals surface area (Å²) in [5.41, 5.74) is 1.99. The summed E-state index contributed by atoms with van der Waals surface area (Å²) in [5, 5.41) is 1.01. The molecular weight excluding hydrogens is 384 g/mol. The van der Waals surface area contributed by atoms with Gasteiger partial charge in [0.2, 0.25) is 0 Å². The van der Waals surface area contributed by atoms with Gasteiger partial charge in [-0.15, -0.1) is 0 Å². The number of hydrogen-bond acceptors (Lipinski definition) is 5. The number of thiazole rings is 1. The first-order valence-electron chi connectivity index (χ1n) is 10.2. The SMILES string of the molecule is Cc1ccn(C2CC2)c(=O)c1C(=O)N1CCCN(c2nc3ccccc3s2)CC1. The minimum absolute atomic E-state index is 0.131. The number of anilines is 1. The molecule has 1 saturated heterocycles. The highest BCUT2D eigenvalue weighted by Gasteiger charge is 2.29. The van der Waals surface area contributed by atoms with E-state index in [4.69, 9.17) is 4.98 Å². The summed E-state index contributed by atoms with van der Waals surface area (Å²) < 4.78 is 2.92. The van der Waals surface area contributed by atoms with E-state index in [0.717, 1.165) is 48.6 Å². The van der Waals surface area contributed by atoms with Crippen LogP contribution in [0.5, 0.6) is 0 Å². The lowest BCUT2D eigenvalue weighted by atomic mass is 10.1. The molecule has 0 N–H and O–H groups in total. The molecule has 1 amide bonds. The minimum atomic E-state index is -0.134. The molecule has 1 saturated carbocycles. The third kappa shape index (κ3) is 3.44. The zero-order chi connectivity index (χ0) is 20.0. The van der Waals surface area contributed by atoms with E-state index >= 15 is 0 Å². The number of para-hydroxylation sites is 1. The maximum atomic E-state index is 13.3. The van der Waals surface area contributed by atoms with Gasteiger partial charge in [-0.1, -0.05) is 23.5 Å². The summed E-state index contributed by atoms with van der Waals surface area (Å²) in [6.07, 6.45) is 4.75. The van der Waals surface area contributed by atoms with E-state index in [1.165, 1.54) is 4.70 Å². The molecule has 0 spiro atoms. The fourth-order valence-corrected chi connectivity index (χ4v) is 5.02. The Morgan fingerprint density at radius 2 is 1.93 bits per heavy atom. The molecule has 3 aromatic rings. The number of pyridine rings is 1. The molecule has 2 fully saturated rings. The van der Waals surface area contributed by atoms with Gasteiger partial charge in [-0.3, -0.25) is 9.59 Å². The van der Waals surface area contributed by atoms with Gasteiger partial charge in [0.1, 0.15) is 5.56 Å². The van der Waals surface area contributed by atoms with E-state index < -0.39 is 0 Å². The van der Waals surface area contributed by atoms with Crippen LogP contribution in [0.1, 0.15) is 41.2 Å². The Morgan fingerprint density at radius 1 is 1.10 bits per heavy atom. The lowest BCUT2D eigenvalue weighted by molar-refractivity contribution is 0.0763. The number of fused-ring (bicyclic) bond motifs is 1. The van der Waals surface area contributed by atoms with Crippen LogP contribution in [0.15, 0.2) is 41.3 Å². The van der Waals surface area contributed by atoms with Gasteiger partial charge >= 0.3 is 0 Å². The van der Waals surface area contributed by atoms with Crippen molar-refractivity contribution in [3.63, 3.8) is 0 Å². The number of aryl methyl sites for hydroxylation is 1. The molecule has 0 atom stereocenters. The Kier molecular flexibility index (Phi) is 4.62. The van der Waals surface area contributed by atoms with E-state index in [1.807, 2.05) is 42.3 Å². The Balaban J connectivity index is 1.36. The molecule has 5 rings (SSSR count). The molecule has 2 aliphatic rings. The molecule has 0 radical (unpaired) electrons. The Morgan fingerprint density at radius 3 is 2.72 bits per heavy atom. The van der Waals surface area contributed by atoms with Gasteiger partial charge in [-0.05, 0) is 49.9 Å². The maximum Gasteiger partial charge on any atom is 0.263 e. The topological polar surface area (TPSA) is 58.4 Å². The summed E-state index contributed by atoms with van der Waals surface area (Å²) in [7, 11) is 0. The molecule has 1 aliphatic heterocycles. The smallest absolute Gasteiger partial charge is 0.263 e. The van der Waals surface area contributed by atoms with Crippen molar-refractivity contribution in [1.82, 2.24) is 14.5 Å². The summed E-state index contributed by atoms with van der Waals surface area (Å²) >= 11 is 1.69. The number of hydrogen-bond donors (Lipinski definition) is 0. The Labute approximate surface area is 173 Å². The summed E-state index contributed by atoms with van der Waals surface area (Å²) in [4.78, 5) is 35.0. The zero-order valence-electron chi connectivity index (χ0n) is 16.5. The number of carbonyl (C=O) groups excluding carboxylic acids is 1. The number of rotatable bonds is 3. The van der Waals surface area contributed by atoms with Crippen molar-refractivity contribution >= 4 is 32.6 Å². The molecule has 2 aromatic heterocycles. The second-order valence-electron chi connectivity index (χ2n) is 7.91. The van der Waals surface area contributed by atoms with E-state index in [9.17, 15) is 9.59 Å². The molecule has 1 aromatic carbocycles. The minimum Gasteiger partial charge on any atom is -0.346 e. The molecule has 7 heteroatoms. The standard InChI is InChI=1S/C22H24N4O2S/c1-15-9-12-26(16-7-8-16)21(28)19(15)20(27)24-10-4-11-25(14-13-24)22-23-17-5-2-3-6-18(17)29-22/h2-3,5-6,9,12,16H,4,7-8,10-11,13-14H2,1H3. The Bertz CT molecular complexity index is 1100. The fourth-order valence-electron chi connectivity index (χ4n) is 4.01. The predicted molar refractivity (Wildman–Crippen MR) is 116 cm³/mol. The summed E-state index contributed by atoms with van der Waals surface area (Å²) in [6.45, 7) is 4.72. The van der Waals surface area contributed by atoms with Crippen molar-refractivity contribution < 1.29 is 4.79 Å². The molecule has 1 aliphatic carbocycles. The number of benzene rings is 1. The molecule has 150 valence electrons. The highest BCUT2D eigenvalue weighted by atomic mass is 32.1. The van der Waals surface area contributed by atoms with Crippen molar-refractivity contribution in [2.75, 3.05) is 31.1 Å². The maximum absolute atomic E-state index is 13.3. The average Bonchev–Trinajstić information content (AvgIpc) is 3.50. The monoisotopic (exact) mass is 408 g/mol. The van der Waals surface area contributed by atoms with Crippen LogP contribution in [0, 0.1) is 6.92 Å². The van der Waals surface area contributed by atoms with Crippen molar-refractivity contribution in [1.29, 1.82) is 0 Å². The van der Waals surface area contributed by atoms with Crippen molar-refractivity contribution in [3.05, 3.63) is 58.0 Å². The molecular formula is C22H24N4O2S. The molecule has 6 nitrogen and oxygen atoms in total. The van der Waals surface area contributed by atoms with Gasteiger partial charge in [0.05, 0.1) is 10.2 Å². The van der Waals surface area contributed by atoms with E-state index in [0.29, 0.717) is 18.7 Å². The third-order valence-electron chi connectivity index (χ3n) is 5.82. The predicted octanol–water partition coefficient (Wildman–Crippen LogP) is 3.45. The van der Waals surface area contributed by atoms with E-state index in [1.54, 1.807) is 15.9 Å². The van der Waals surface area contributed by atoms with Crippen LogP contribution in [0.4, 0.5) is 5.13 Å². The van der Waals surface area contributed by atoms with Crippen LogP contribution in [0.3, 0.4) is 0 Å². The average molecular weight is 409 g/mol. The first-order chi connectivity index (χ1) is 14.1. The van der Waals surface area contributed by atoms with Gasteiger partial charge in [0.25, 0.3) is 11.5 Å². The number of amides is 1. The van der Waals surface area contributed by atoms with Gasteiger partial charge < -0.3 is 14.4 Å². The normalized spacial score (nSPS) is 17.6. The molecule has 0 unspecified atom stereocenters. The van der Waals surface area contributed by atoms with E-state index in [2.05, 4.69) is 11.0 Å². The van der Waals surface area contributed by atoms with Gasteiger partial charge in [0, 0.05) is 38.4 Å². The van der Waals surface area contributed by atoms with Crippen molar-refractivity contribution in [2.45, 2.75) is 32.2 Å². The highest BCUT2D eigenvalue weighted by Crippen LogP contribution is 2.33. The molecule has 3 heterocycles. The van der Waals surface area contributed by atoms with Crippen LogP contribution in [-0.2, 0) is 0 Å². The first kappa shape index (κ1) is 18.4. The second kappa shape index (κ2) is 7.30. The summed E-state index contributed by atoms with van der Waals surface area (Å²) in [6, 6.07) is 10.3. The quantitative estimate of drug-likeness (QED) is 0.666. The van der Waals surface area contributed by atoms with Crippen LogP contribution in [0.25, 0.3) is 10.2 Å². The second-order valence-corrected chi connectivity index (χ2v) is 8.92. The number of aromatic nitrogens is 2. The summed E-state index contributed by atoms with van der Waals surface area (Å²) in [5.74, 6) is -0.131. The van der Waals surface area contributed by atoms with Crippen LogP contribution >= 0.6 is 11.3 Å². The van der Waals surface area contributed by atoms with Crippen LogP contribution < -0.4 is 10.5 Å². The zero-order valence-corrected chi connectivity index (χ0v) is 17.3. The van der Waals surface area contributed by atoms with Gasteiger partial charge in [0.15, 0.2) is 5.13 Å². The van der Waals surface area contributed by atoms with Crippen LogP contribution in [-0.4, -0.2) is 46.5 Å². The van der Waals surface area contributed by atoms with Gasteiger partial charge in [-0.25, -0.2) is 4.98 Å². The van der Waals surface area contributed by atoms with Crippen molar-refractivity contribution in [2.24, 2.45) is 0 Å². The van der Waals surface area contributed by atoms with Crippen LogP contribution in [0.2, 0.25) is 0 Å². The molecule has 0 bridgehead atoms. The Hall–Kier alpha value is -2.67. The first-order valence-corrected chi connectivity index (χ1v) is 11.0. The molecule has 29 heavy (non-hydrogen) atoms.